The van der Waals surface area contributed by atoms with Crippen LogP contribution < -0.4 is 4.74 Å². The van der Waals surface area contributed by atoms with E-state index >= 15 is 0 Å². The van der Waals surface area contributed by atoms with E-state index in [9.17, 15) is 9.50 Å². The van der Waals surface area contributed by atoms with Gasteiger partial charge in [-0.1, -0.05) is 23.4 Å². The third-order valence-corrected chi connectivity index (χ3v) is 4.46. The van der Waals surface area contributed by atoms with E-state index < -0.39 is 0 Å². The molecular weight excluding hydrogens is 329 g/mol. The van der Waals surface area contributed by atoms with E-state index in [1.807, 2.05) is 4.57 Å². The number of hydrogen-bond acceptors (Lipinski definition) is 5. The lowest BCUT2D eigenvalue weighted by atomic mass is 10.3. The Morgan fingerprint density at radius 3 is 2.91 bits per heavy atom. The molecule has 0 saturated heterocycles. The summed E-state index contributed by atoms with van der Waals surface area (Å²) >= 11 is 7.41. The number of aliphatic hydroxyl groups is 1. The summed E-state index contributed by atoms with van der Waals surface area (Å²) in [5.41, 5.74) is 0. The van der Waals surface area contributed by atoms with E-state index in [2.05, 4.69) is 10.2 Å². The Bertz CT molecular complexity index is 664. The molecule has 1 aliphatic rings. The van der Waals surface area contributed by atoms with Crippen molar-refractivity contribution in [2.75, 3.05) is 12.4 Å². The first-order valence-electron chi connectivity index (χ1n) is 6.94. The Morgan fingerprint density at radius 2 is 2.23 bits per heavy atom. The molecule has 0 aliphatic heterocycles. The van der Waals surface area contributed by atoms with E-state index in [1.165, 1.54) is 30.0 Å². The summed E-state index contributed by atoms with van der Waals surface area (Å²) in [6.45, 7) is 0.313. The molecule has 1 heterocycles. The SMILES string of the molecule is OCc1nnc(SCCOc2ccc(F)cc2Cl)n1C1CC1. The second-order valence-corrected chi connectivity index (χ2v) is 6.40. The van der Waals surface area contributed by atoms with Crippen molar-refractivity contribution >= 4 is 23.4 Å². The molecule has 1 N–H and O–H groups in total. The number of benzene rings is 1. The monoisotopic (exact) mass is 343 g/mol. The molecule has 0 radical (unpaired) electrons. The van der Waals surface area contributed by atoms with Crippen LogP contribution in [0.25, 0.3) is 0 Å². The van der Waals surface area contributed by atoms with E-state index in [-0.39, 0.29) is 17.4 Å². The molecule has 3 rings (SSSR count). The highest BCUT2D eigenvalue weighted by atomic mass is 35.5. The van der Waals surface area contributed by atoms with Crippen molar-refractivity contribution < 1.29 is 14.2 Å². The van der Waals surface area contributed by atoms with Crippen LogP contribution in [0, 0.1) is 5.82 Å². The lowest BCUT2D eigenvalue weighted by Gasteiger charge is -2.09. The van der Waals surface area contributed by atoms with Crippen LogP contribution in [0.3, 0.4) is 0 Å². The molecular formula is C14H15ClFN3O2S. The van der Waals surface area contributed by atoms with Gasteiger partial charge < -0.3 is 14.4 Å². The first-order chi connectivity index (χ1) is 10.7. The number of thioether (sulfide) groups is 1. The molecule has 8 heteroatoms. The van der Waals surface area contributed by atoms with Gasteiger partial charge in [0.25, 0.3) is 0 Å². The Hall–Kier alpha value is -1.31. The van der Waals surface area contributed by atoms with Crippen molar-refractivity contribution in [3.05, 3.63) is 34.9 Å². The molecule has 1 aliphatic carbocycles. The molecule has 1 saturated carbocycles. The molecule has 0 spiro atoms. The number of halogens is 2. The summed E-state index contributed by atoms with van der Waals surface area (Å²) in [5.74, 6) is 1.33. The van der Waals surface area contributed by atoms with Crippen molar-refractivity contribution in [1.82, 2.24) is 14.8 Å². The number of ether oxygens (including phenoxy) is 1. The van der Waals surface area contributed by atoms with Gasteiger partial charge in [-0.3, -0.25) is 0 Å². The van der Waals surface area contributed by atoms with Gasteiger partial charge in [-0.25, -0.2) is 4.39 Å². The zero-order valence-corrected chi connectivity index (χ0v) is 13.3. The molecule has 1 aromatic carbocycles. The second kappa shape index (κ2) is 6.85. The maximum Gasteiger partial charge on any atom is 0.191 e. The van der Waals surface area contributed by atoms with Gasteiger partial charge in [0.15, 0.2) is 11.0 Å². The van der Waals surface area contributed by atoms with Gasteiger partial charge >= 0.3 is 0 Å². The van der Waals surface area contributed by atoms with Crippen LogP contribution in [-0.2, 0) is 6.61 Å². The average molecular weight is 344 g/mol. The van der Waals surface area contributed by atoms with Crippen LogP contribution in [0.15, 0.2) is 23.4 Å². The van der Waals surface area contributed by atoms with Crippen LogP contribution >= 0.6 is 23.4 Å². The Balaban J connectivity index is 1.54. The summed E-state index contributed by atoms with van der Waals surface area (Å²) in [4.78, 5) is 0. The highest BCUT2D eigenvalue weighted by molar-refractivity contribution is 7.99. The van der Waals surface area contributed by atoms with Crippen molar-refractivity contribution in [3.63, 3.8) is 0 Å². The van der Waals surface area contributed by atoms with Gasteiger partial charge in [0.2, 0.25) is 0 Å². The molecule has 0 amide bonds. The number of aliphatic hydroxyl groups excluding tert-OH is 1. The highest BCUT2D eigenvalue weighted by Crippen LogP contribution is 2.38. The van der Waals surface area contributed by atoms with Gasteiger partial charge in [0.05, 0.1) is 11.6 Å². The highest BCUT2D eigenvalue weighted by Gasteiger charge is 2.29. The van der Waals surface area contributed by atoms with Gasteiger partial charge in [0.1, 0.15) is 18.2 Å². The third-order valence-electron chi connectivity index (χ3n) is 3.25. The van der Waals surface area contributed by atoms with Gasteiger partial charge in [0, 0.05) is 11.8 Å². The average Bonchev–Trinajstić information content (AvgIpc) is 3.26. The van der Waals surface area contributed by atoms with Crippen molar-refractivity contribution in [3.8, 4) is 5.75 Å². The van der Waals surface area contributed by atoms with Gasteiger partial charge in [-0.05, 0) is 31.0 Å². The Labute approximate surface area is 136 Å². The zero-order chi connectivity index (χ0) is 15.5. The largest absolute Gasteiger partial charge is 0.491 e. The molecule has 2 aromatic rings. The number of aromatic nitrogens is 3. The quantitative estimate of drug-likeness (QED) is 0.618. The summed E-state index contributed by atoms with van der Waals surface area (Å²) in [6, 6.07) is 4.46. The minimum atomic E-state index is -0.388. The second-order valence-electron chi connectivity index (χ2n) is 4.93. The van der Waals surface area contributed by atoms with E-state index in [0.29, 0.717) is 30.0 Å². The molecule has 1 aromatic heterocycles. The Morgan fingerprint density at radius 1 is 1.41 bits per heavy atom. The number of hydrogen-bond donors (Lipinski definition) is 1. The fraction of sp³-hybridized carbons (Fsp3) is 0.429. The fourth-order valence-electron chi connectivity index (χ4n) is 2.09. The van der Waals surface area contributed by atoms with Crippen molar-refractivity contribution in [2.45, 2.75) is 30.6 Å². The van der Waals surface area contributed by atoms with E-state index in [0.717, 1.165) is 18.0 Å². The summed E-state index contributed by atoms with van der Waals surface area (Å²) < 4.78 is 20.5. The topological polar surface area (TPSA) is 60.2 Å². The summed E-state index contributed by atoms with van der Waals surface area (Å²) in [6.07, 6.45) is 2.20. The third kappa shape index (κ3) is 3.53. The fourth-order valence-corrected chi connectivity index (χ4v) is 3.15. The van der Waals surface area contributed by atoms with Crippen LogP contribution in [0.4, 0.5) is 4.39 Å². The summed E-state index contributed by atoms with van der Waals surface area (Å²) in [7, 11) is 0. The summed E-state index contributed by atoms with van der Waals surface area (Å²) in [5, 5.41) is 18.4. The minimum absolute atomic E-state index is 0.105. The predicted octanol–water partition coefficient (Wildman–Crippen LogP) is 3.07. The van der Waals surface area contributed by atoms with E-state index in [4.69, 9.17) is 16.3 Å². The van der Waals surface area contributed by atoms with E-state index in [1.54, 1.807) is 0 Å². The number of nitrogens with zero attached hydrogens (tertiary/aromatic N) is 3. The molecule has 5 nitrogen and oxygen atoms in total. The first-order valence-corrected chi connectivity index (χ1v) is 8.30. The molecule has 0 atom stereocenters. The predicted molar refractivity (Wildman–Crippen MR) is 81.8 cm³/mol. The molecule has 0 bridgehead atoms. The van der Waals surface area contributed by atoms with Crippen LogP contribution in [0.1, 0.15) is 24.7 Å². The molecule has 118 valence electrons. The van der Waals surface area contributed by atoms with Gasteiger partial charge in [-0.2, -0.15) is 0 Å². The van der Waals surface area contributed by atoms with Crippen LogP contribution in [0.2, 0.25) is 5.02 Å². The van der Waals surface area contributed by atoms with Crippen LogP contribution in [0.5, 0.6) is 5.75 Å². The minimum Gasteiger partial charge on any atom is -0.491 e. The lowest BCUT2D eigenvalue weighted by molar-refractivity contribution is 0.263. The van der Waals surface area contributed by atoms with Crippen molar-refractivity contribution in [2.24, 2.45) is 0 Å². The maximum absolute atomic E-state index is 12.9. The van der Waals surface area contributed by atoms with Gasteiger partial charge in [-0.15, -0.1) is 10.2 Å². The molecule has 1 fully saturated rings. The Kier molecular flexibility index (Phi) is 4.85. The standard InChI is InChI=1S/C14H15ClFN3O2S/c15-11-7-9(16)1-4-12(11)21-5-6-22-14-18-17-13(8-20)19(14)10-2-3-10/h1,4,7,10,20H,2-3,5-6,8H2. The van der Waals surface area contributed by atoms with Crippen LogP contribution in [-0.4, -0.2) is 32.2 Å². The lowest BCUT2D eigenvalue weighted by Crippen LogP contribution is -2.05. The number of rotatable bonds is 7. The first kappa shape index (κ1) is 15.6. The zero-order valence-electron chi connectivity index (χ0n) is 11.7. The molecule has 22 heavy (non-hydrogen) atoms. The van der Waals surface area contributed by atoms with Crippen molar-refractivity contribution in [1.29, 1.82) is 0 Å². The smallest absolute Gasteiger partial charge is 0.191 e. The maximum atomic E-state index is 12.9. The normalized spacial score (nSPS) is 14.3. The molecule has 0 unspecified atom stereocenters.